The van der Waals surface area contributed by atoms with Crippen LogP contribution in [0.3, 0.4) is 0 Å². The summed E-state index contributed by atoms with van der Waals surface area (Å²) >= 11 is 0. The Bertz CT molecular complexity index is 400. The number of rotatable bonds is 5. The lowest BCUT2D eigenvalue weighted by Gasteiger charge is -2.30. The second kappa shape index (κ2) is 5.52. The van der Waals surface area contributed by atoms with Crippen molar-refractivity contribution >= 4 is 5.82 Å². The van der Waals surface area contributed by atoms with Gasteiger partial charge in [-0.2, -0.15) is 0 Å². The van der Waals surface area contributed by atoms with Gasteiger partial charge < -0.3 is 15.2 Å². The fraction of sp³-hybridized carbons (Fsp3) is 0.692. The Morgan fingerprint density at radius 1 is 1.56 bits per heavy atom. The minimum atomic E-state index is -0.0588. The van der Waals surface area contributed by atoms with Gasteiger partial charge in [-0.25, -0.2) is 9.97 Å². The molecule has 0 bridgehead atoms. The van der Waals surface area contributed by atoms with Crippen LogP contribution < -0.4 is 10.1 Å². The van der Waals surface area contributed by atoms with Crippen molar-refractivity contribution in [1.82, 2.24) is 9.97 Å². The van der Waals surface area contributed by atoms with Crippen LogP contribution in [-0.4, -0.2) is 34.3 Å². The zero-order valence-electron chi connectivity index (χ0n) is 11.0. The molecule has 1 aliphatic carbocycles. The van der Waals surface area contributed by atoms with E-state index in [0.29, 0.717) is 12.5 Å². The number of hydrogen-bond donors (Lipinski definition) is 2. The SMILES string of the molecule is CCOc1cc(NC2CCCC2(C)CO)ncn1. The third-order valence-corrected chi connectivity index (χ3v) is 3.70. The molecule has 100 valence electrons. The molecule has 1 aliphatic rings. The molecule has 0 spiro atoms. The van der Waals surface area contributed by atoms with Gasteiger partial charge in [-0.15, -0.1) is 0 Å². The van der Waals surface area contributed by atoms with Crippen molar-refractivity contribution in [3.63, 3.8) is 0 Å². The molecule has 0 saturated heterocycles. The van der Waals surface area contributed by atoms with E-state index in [2.05, 4.69) is 22.2 Å². The van der Waals surface area contributed by atoms with Crippen LogP contribution in [0, 0.1) is 5.41 Å². The van der Waals surface area contributed by atoms with E-state index in [1.54, 1.807) is 6.07 Å². The minimum Gasteiger partial charge on any atom is -0.478 e. The summed E-state index contributed by atoms with van der Waals surface area (Å²) in [6, 6.07) is 2.06. The number of aromatic nitrogens is 2. The van der Waals surface area contributed by atoms with Crippen molar-refractivity contribution in [1.29, 1.82) is 0 Å². The van der Waals surface area contributed by atoms with Gasteiger partial charge in [0.05, 0.1) is 13.2 Å². The summed E-state index contributed by atoms with van der Waals surface area (Å²) in [5.74, 6) is 1.35. The van der Waals surface area contributed by atoms with Gasteiger partial charge in [0.1, 0.15) is 12.1 Å². The molecule has 18 heavy (non-hydrogen) atoms. The van der Waals surface area contributed by atoms with Crippen molar-refractivity contribution < 1.29 is 9.84 Å². The molecule has 1 heterocycles. The van der Waals surface area contributed by atoms with Gasteiger partial charge in [-0.1, -0.05) is 13.3 Å². The third kappa shape index (κ3) is 2.72. The molecule has 1 saturated carbocycles. The van der Waals surface area contributed by atoms with E-state index in [0.717, 1.165) is 25.1 Å². The maximum atomic E-state index is 9.52. The average Bonchev–Trinajstić information content (AvgIpc) is 2.73. The number of aliphatic hydroxyl groups excluding tert-OH is 1. The highest BCUT2D eigenvalue weighted by Gasteiger charge is 2.38. The average molecular weight is 251 g/mol. The summed E-state index contributed by atoms with van der Waals surface area (Å²) in [6.45, 7) is 4.83. The predicted molar refractivity (Wildman–Crippen MR) is 69.7 cm³/mol. The van der Waals surface area contributed by atoms with E-state index >= 15 is 0 Å². The molecule has 0 aliphatic heterocycles. The molecule has 1 aromatic rings. The van der Waals surface area contributed by atoms with Crippen LogP contribution in [0.4, 0.5) is 5.82 Å². The summed E-state index contributed by atoms with van der Waals surface area (Å²) in [6.07, 6.45) is 4.74. The first-order valence-corrected chi connectivity index (χ1v) is 6.50. The van der Waals surface area contributed by atoms with Crippen LogP contribution in [-0.2, 0) is 0 Å². The lowest BCUT2D eigenvalue weighted by molar-refractivity contribution is 0.139. The predicted octanol–water partition coefficient (Wildman–Crippen LogP) is 1.84. The number of hydrogen-bond acceptors (Lipinski definition) is 5. The van der Waals surface area contributed by atoms with Crippen LogP contribution in [0.5, 0.6) is 5.88 Å². The Balaban J connectivity index is 2.07. The number of nitrogens with one attached hydrogen (secondary N) is 1. The van der Waals surface area contributed by atoms with Crippen LogP contribution in [0.1, 0.15) is 33.1 Å². The molecule has 0 radical (unpaired) electrons. The van der Waals surface area contributed by atoms with Gasteiger partial charge in [0.25, 0.3) is 0 Å². The second-order valence-electron chi connectivity index (χ2n) is 5.08. The highest BCUT2D eigenvalue weighted by molar-refractivity contribution is 5.39. The quantitative estimate of drug-likeness (QED) is 0.835. The Hall–Kier alpha value is -1.36. The first kappa shape index (κ1) is 13.1. The van der Waals surface area contributed by atoms with E-state index in [9.17, 15) is 5.11 Å². The van der Waals surface area contributed by atoms with Gasteiger partial charge in [0.2, 0.25) is 5.88 Å². The van der Waals surface area contributed by atoms with E-state index < -0.39 is 0 Å². The van der Waals surface area contributed by atoms with Gasteiger partial charge in [0.15, 0.2) is 0 Å². The van der Waals surface area contributed by atoms with Gasteiger partial charge in [-0.05, 0) is 19.8 Å². The fourth-order valence-corrected chi connectivity index (χ4v) is 2.49. The number of nitrogens with zero attached hydrogens (tertiary/aromatic N) is 2. The smallest absolute Gasteiger partial charge is 0.218 e. The molecule has 0 aromatic carbocycles. The Morgan fingerprint density at radius 2 is 2.39 bits per heavy atom. The van der Waals surface area contributed by atoms with Crippen LogP contribution in [0.2, 0.25) is 0 Å². The molecular weight excluding hydrogens is 230 g/mol. The monoisotopic (exact) mass is 251 g/mol. The van der Waals surface area contributed by atoms with E-state index in [-0.39, 0.29) is 18.1 Å². The number of anilines is 1. The lowest BCUT2D eigenvalue weighted by atomic mass is 9.86. The Labute approximate surface area is 108 Å². The summed E-state index contributed by atoms with van der Waals surface area (Å²) in [5.41, 5.74) is -0.0588. The third-order valence-electron chi connectivity index (χ3n) is 3.70. The van der Waals surface area contributed by atoms with Gasteiger partial charge in [-0.3, -0.25) is 0 Å². The maximum Gasteiger partial charge on any atom is 0.218 e. The molecule has 5 heteroatoms. The zero-order chi connectivity index (χ0) is 13.0. The summed E-state index contributed by atoms with van der Waals surface area (Å²) in [5, 5.41) is 12.9. The van der Waals surface area contributed by atoms with Crippen molar-refractivity contribution in [2.75, 3.05) is 18.5 Å². The van der Waals surface area contributed by atoms with Crippen LogP contribution >= 0.6 is 0 Å². The lowest BCUT2D eigenvalue weighted by Crippen LogP contribution is -2.36. The first-order chi connectivity index (χ1) is 8.68. The summed E-state index contributed by atoms with van der Waals surface area (Å²) < 4.78 is 5.35. The fourth-order valence-electron chi connectivity index (χ4n) is 2.49. The van der Waals surface area contributed by atoms with Crippen LogP contribution in [0.15, 0.2) is 12.4 Å². The normalized spacial score (nSPS) is 27.2. The van der Waals surface area contributed by atoms with Crippen molar-refractivity contribution in [3.8, 4) is 5.88 Å². The largest absolute Gasteiger partial charge is 0.478 e. The highest BCUT2D eigenvalue weighted by atomic mass is 16.5. The molecule has 2 N–H and O–H groups in total. The van der Waals surface area contributed by atoms with Crippen molar-refractivity contribution in [2.45, 2.75) is 39.2 Å². The van der Waals surface area contributed by atoms with E-state index in [1.165, 1.54) is 6.33 Å². The van der Waals surface area contributed by atoms with Crippen LogP contribution in [0.25, 0.3) is 0 Å². The standard InChI is InChI=1S/C13H21N3O2/c1-3-18-12-7-11(14-9-15-12)16-10-5-4-6-13(10,2)8-17/h7,9-10,17H,3-6,8H2,1-2H3,(H,14,15,16). The van der Waals surface area contributed by atoms with Crippen molar-refractivity contribution in [2.24, 2.45) is 5.41 Å². The molecule has 1 fully saturated rings. The van der Waals surface area contributed by atoms with Gasteiger partial charge in [0, 0.05) is 17.5 Å². The molecule has 0 amide bonds. The molecule has 2 unspecified atom stereocenters. The maximum absolute atomic E-state index is 9.52. The molecule has 2 atom stereocenters. The Kier molecular flexibility index (Phi) is 4.01. The molecule has 5 nitrogen and oxygen atoms in total. The molecule has 2 rings (SSSR count). The summed E-state index contributed by atoms with van der Waals surface area (Å²) in [4.78, 5) is 8.24. The van der Waals surface area contributed by atoms with E-state index in [1.807, 2.05) is 6.92 Å². The number of aliphatic hydroxyl groups is 1. The minimum absolute atomic E-state index is 0.0588. The molecular formula is C13H21N3O2. The van der Waals surface area contributed by atoms with Crippen molar-refractivity contribution in [3.05, 3.63) is 12.4 Å². The number of ether oxygens (including phenoxy) is 1. The second-order valence-corrected chi connectivity index (χ2v) is 5.08. The molecule has 1 aromatic heterocycles. The Morgan fingerprint density at radius 3 is 3.11 bits per heavy atom. The topological polar surface area (TPSA) is 67.3 Å². The van der Waals surface area contributed by atoms with E-state index in [4.69, 9.17) is 4.74 Å². The van der Waals surface area contributed by atoms with Gasteiger partial charge >= 0.3 is 0 Å². The zero-order valence-corrected chi connectivity index (χ0v) is 11.0. The highest BCUT2D eigenvalue weighted by Crippen LogP contribution is 2.39. The first-order valence-electron chi connectivity index (χ1n) is 6.50. The summed E-state index contributed by atoms with van der Waals surface area (Å²) in [7, 11) is 0.